The summed E-state index contributed by atoms with van der Waals surface area (Å²) in [6.07, 6.45) is -0.0728. The average Bonchev–Trinajstić information content (AvgIpc) is 2.79. The van der Waals surface area contributed by atoms with Crippen LogP contribution >= 0.6 is 0 Å². The van der Waals surface area contributed by atoms with E-state index in [0.29, 0.717) is 5.69 Å². The number of hydrogen-bond donors (Lipinski definition) is 2. The number of carbonyl (C=O) groups is 1. The number of ether oxygens (including phenoxy) is 1. The van der Waals surface area contributed by atoms with Crippen LogP contribution in [0.4, 0.5) is 4.39 Å². The number of aromatic amines is 1. The molecule has 0 radical (unpaired) electrons. The molecule has 0 spiro atoms. The van der Waals surface area contributed by atoms with E-state index >= 15 is 0 Å². The van der Waals surface area contributed by atoms with Crippen LogP contribution < -0.4 is 15.7 Å². The van der Waals surface area contributed by atoms with Crippen LogP contribution in [0.2, 0.25) is 0 Å². The van der Waals surface area contributed by atoms with Crippen molar-refractivity contribution in [2.75, 3.05) is 7.11 Å². The van der Waals surface area contributed by atoms with Gasteiger partial charge in [0.25, 0.3) is 0 Å². The number of nitrogens with zero attached hydrogens (tertiary/aromatic N) is 2. The van der Waals surface area contributed by atoms with E-state index in [1.807, 2.05) is 13.8 Å². The van der Waals surface area contributed by atoms with Gasteiger partial charge in [0, 0.05) is 12.1 Å². The van der Waals surface area contributed by atoms with Gasteiger partial charge in [-0.15, -0.1) is 0 Å². The van der Waals surface area contributed by atoms with E-state index in [1.54, 1.807) is 0 Å². The van der Waals surface area contributed by atoms with E-state index in [4.69, 9.17) is 4.74 Å². The van der Waals surface area contributed by atoms with Gasteiger partial charge >= 0.3 is 5.69 Å². The Kier molecular flexibility index (Phi) is 4.59. The predicted octanol–water partition coefficient (Wildman–Crippen LogP) is 0.775. The van der Waals surface area contributed by atoms with E-state index in [9.17, 15) is 14.0 Å². The first-order chi connectivity index (χ1) is 10.4. The van der Waals surface area contributed by atoms with E-state index in [1.165, 1.54) is 29.9 Å². The molecule has 0 aliphatic carbocycles. The highest BCUT2D eigenvalue weighted by atomic mass is 19.1. The van der Waals surface area contributed by atoms with Crippen molar-refractivity contribution in [1.82, 2.24) is 20.1 Å². The minimum Gasteiger partial charge on any atom is -0.494 e. The van der Waals surface area contributed by atoms with Crippen molar-refractivity contribution >= 4 is 5.91 Å². The first-order valence-electron chi connectivity index (χ1n) is 6.72. The van der Waals surface area contributed by atoms with E-state index < -0.39 is 11.5 Å². The molecule has 118 valence electrons. The summed E-state index contributed by atoms with van der Waals surface area (Å²) >= 11 is 0. The van der Waals surface area contributed by atoms with Crippen molar-refractivity contribution in [3.05, 3.63) is 40.3 Å². The molecule has 22 heavy (non-hydrogen) atoms. The van der Waals surface area contributed by atoms with Crippen molar-refractivity contribution in [3.8, 4) is 11.4 Å². The van der Waals surface area contributed by atoms with Crippen LogP contribution in [0.5, 0.6) is 5.75 Å². The largest absolute Gasteiger partial charge is 0.494 e. The first-order valence-corrected chi connectivity index (χ1v) is 6.72. The molecule has 0 saturated heterocycles. The van der Waals surface area contributed by atoms with Crippen molar-refractivity contribution in [2.24, 2.45) is 0 Å². The number of methoxy groups -OCH3 is 1. The van der Waals surface area contributed by atoms with Gasteiger partial charge in [0.05, 0.1) is 19.2 Å². The molecule has 0 aliphatic rings. The Balaban J connectivity index is 2.38. The zero-order valence-electron chi connectivity index (χ0n) is 12.5. The van der Waals surface area contributed by atoms with Crippen molar-refractivity contribution in [2.45, 2.75) is 26.3 Å². The van der Waals surface area contributed by atoms with Crippen molar-refractivity contribution in [1.29, 1.82) is 0 Å². The third-order valence-corrected chi connectivity index (χ3v) is 2.90. The molecule has 1 heterocycles. The molecule has 2 N–H and O–H groups in total. The molecule has 0 saturated carbocycles. The lowest BCUT2D eigenvalue weighted by Gasteiger charge is -2.10. The molecule has 0 bridgehead atoms. The third kappa shape index (κ3) is 3.33. The van der Waals surface area contributed by atoms with Gasteiger partial charge < -0.3 is 10.1 Å². The van der Waals surface area contributed by atoms with Gasteiger partial charge in [-0.2, -0.15) is 5.10 Å². The predicted molar refractivity (Wildman–Crippen MR) is 77.7 cm³/mol. The average molecular weight is 308 g/mol. The number of amides is 1. The third-order valence-electron chi connectivity index (χ3n) is 2.90. The molecule has 7 nitrogen and oxygen atoms in total. The van der Waals surface area contributed by atoms with Crippen LogP contribution in [0.1, 0.15) is 19.7 Å². The molecule has 1 amide bonds. The monoisotopic (exact) mass is 308 g/mol. The molecule has 0 fully saturated rings. The number of aromatic nitrogens is 3. The Morgan fingerprint density at radius 3 is 2.86 bits per heavy atom. The topological polar surface area (TPSA) is 89.0 Å². The lowest BCUT2D eigenvalue weighted by Crippen LogP contribution is -2.32. The minimum absolute atomic E-state index is 0.00295. The Morgan fingerprint density at radius 1 is 1.50 bits per heavy atom. The fourth-order valence-electron chi connectivity index (χ4n) is 2.02. The molecular formula is C14H17FN4O3. The first kappa shape index (κ1) is 15.7. The summed E-state index contributed by atoms with van der Waals surface area (Å²) in [5.41, 5.74) is -0.148. The molecule has 0 atom stereocenters. The Labute approximate surface area is 126 Å². The summed E-state index contributed by atoms with van der Waals surface area (Å²) in [4.78, 5) is 23.7. The number of H-pyrrole nitrogens is 1. The lowest BCUT2D eigenvalue weighted by molar-refractivity contribution is -0.121. The standard InChI is InChI=1S/C14H17FN4O3/c1-8(2)16-13(20)7-12-17-18-14(21)19(12)9-4-5-10(15)11(6-9)22-3/h4-6,8H,7H2,1-3H3,(H,16,20)(H,18,21). The summed E-state index contributed by atoms with van der Waals surface area (Å²) in [5.74, 6) is -0.564. The molecule has 1 aromatic heterocycles. The zero-order chi connectivity index (χ0) is 16.3. The fraction of sp³-hybridized carbons (Fsp3) is 0.357. The number of rotatable bonds is 5. The number of halogens is 1. The number of hydrogen-bond acceptors (Lipinski definition) is 4. The van der Waals surface area contributed by atoms with Crippen molar-refractivity contribution in [3.63, 3.8) is 0 Å². The smallest absolute Gasteiger partial charge is 0.347 e. The lowest BCUT2D eigenvalue weighted by atomic mass is 10.2. The maximum absolute atomic E-state index is 13.5. The number of benzene rings is 1. The van der Waals surface area contributed by atoms with Gasteiger partial charge in [0.15, 0.2) is 11.6 Å². The van der Waals surface area contributed by atoms with Crippen molar-refractivity contribution < 1.29 is 13.9 Å². The molecule has 0 unspecified atom stereocenters. The number of nitrogens with one attached hydrogen (secondary N) is 2. The zero-order valence-corrected chi connectivity index (χ0v) is 12.5. The number of carbonyl (C=O) groups excluding carboxylic acids is 1. The van der Waals surface area contributed by atoms with Crippen LogP contribution in [-0.4, -0.2) is 33.8 Å². The van der Waals surface area contributed by atoms with Gasteiger partial charge in [0.2, 0.25) is 5.91 Å². The summed E-state index contributed by atoms with van der Waals surface area (Å²) in [7, 11) is 1.33. The molecule has 2 aromatic rings. The molecule has 2 rings (SSSR count). The van der Waals surface area contributed by atoms with Gasteiger partial charge in [-0.25, -0.2) is 18.9 Å². The molecular weight excluding hydrogens is 291 g/mol. The SMILES string of the molecule is COc1cc(-n2c(CC(=O)NC(C)C)n[nH]c2=O)ccc1F. The Hall–Kier alpha value is -2.64. The van der Waals surface area contributed by atoms with Crippen LogP contribution in [0, 0.1) is 5.82 Å². The van der Waals surface area contributed by atoms with Crippen LogP contribution in [0.3, 0.4) is 0 Å². The quantitative estimate of drug-likeness (QED) is 0.854. The molecule has 1 aromatic carbocycles. The molecule has 8 heteroatoms. The van der Waals surface area contributed by atoms with Crippen LogP contribution in [0.15, 0.2) is 23.0 Å². The summed E-state index contributed by atoms with van der Waals surface area (Å²) in [6.45, 7) is 3.67. The summed E-state index contributed by atoms with van der Waals surface area (Å²) in [5, 5.41) is 8.85. The van der Waals surface area contributed by atoms with E-state index in [0.717, 1.165) is 0 Å². The second kappa shape index (κ2) is 6.42. The second-order valence-corrected chi connectivity index (χ2v) is 5.00. The van der Waals surface area contributed by atoms with Gasteiger partial charge in [-0.1, -0.05) is 0 Å². The van der Waals surface area contributed by atoms with Crippen LogP contribution in [0.25, 0.3) is 5.69 Å². The van der Waals surface area contributed by atoms with Gasteiger partial charge in [-0.05, 0) is 26.0 Å². The molecule has 0 aliphatic heterocycles. The minimum atomic E-state index is -0.540. The highest BCUT2D eigenvalue weighted by Gasteiger charge is 2.16. The Morgan fingerprint density at radius 2 is 2.23 bits per heavy atom. The normalized spacial score (nSPS) is 10.8. The fourth-order valence-corrected chi connectivity index (χ4v) is 2.02. The second-order valence-electron chi connectivity index (χ2n) is 5.00. The van der Waals surface area contributed by atoms with Gasteiger partial charge in [0.1, 0.15) is 5.82 Å². The van der Waals surface area contributed by atoms with Crippen LogP contribution in [-0.2, 0) is 11.2 Å². The highest BCUT2D eigenvalue weighted by Crippen LogP contribution is 2.20. The Bertz CT molecular complexity index is 736. The van der Waals surface area contributed by atoms with E-state index in [-0.39, 0.29) is 29.9 Å². The maximum Gasteiger partial charge on any atom is 0.347 e. The van der Waals surface area contributed by atoms with Gasteiger partial charge in [-0.3, -0.25) is 4.79 Å². The summed E-state index contributed by atoms with van der Waals surface area (Å²) < 4.78 is 19.6. The highest BCUT2D eigenvalue weighted by molar-refractivity contribution is 5.78. The van der Waals surface area contributed by atoms with E-state index in [2.05, 4.69) is 15.5 Å². The summed E-state index contributed by atoms with van der Waals surface area (Å²) in [6, 6.07) is 3.96. The maximum atomic E-state index is 13.5.